The number of carbonyl (C=O) groups excluding carboxylic acids is 2. The van der Waals surface area contributed by atoms with E-state index >= 15 is 0 Å². The van der Waals surface area contributed by atoms with Gasteiger partial charge in [0.05, 0.1) is 19.1 Å². The van der Waals surface area contributed by atoms with Crippen LogP contribution >= 0.6 is 25.0 Å². The van der Waals surface area contributed by atoms with Gasteiger partial charge in [-0.3, -0.25) is 14.5 Å². The van der Waals surface area contributed by atoms with Gasteiger partial charge in [0.15, 0.2) is 5.78 Å². The number of rotatable bonds is 7. The van der Waals surface area contributed by atoms with Crippen molar-refractivity contribution in [1.82, 2.24) is 4.90 Å². The second-order valence-corrected chi connectivity index (χ2v) is 7.79. The van der Waals surface area contributed by atoms with E-state index in [9.17, 15) is 14.0 Å². The number of ketones is 1. The summed E-state index contributed by atoms with van der Waals surface area (Å²) < 4.78 is 19.5. The molecule has 0 amide bonds. The Hall–Kier alpha value is -1.37. The first-order chi connectivity index (χ1) is 13.0. The van der Waals surface area contributed by atoms with Crippen LogP contribution in [-0.4, -0.2) is 41.6 Å². The van der Waals surface area contributed by atoms with Crippen molar-refractivity contribution in [3.63, 3.8) is 0 Å². The summed E-state index contributed by atoms with van der Waals surface area (Å²) in [6.07, 6.45) is 4.56. The normalized spacial score (nSPS) is 22.4. The largest absolute Gasteiger partial charge is 0.466 e. The van der Waals surface area contributed by atoms with Gasteiger partial charge in [-0.25, -0.2) is 4.39 Å². The lowest BCUT2D eigenvalue weighted by molar-refractivity contribution is -0.142. The number of piperidine rings is 1. The lowest BCUT2D eigenvalue weighted by Crippen LogP contribution is -2.42. The van der Waals surface area contributed by atoms with Crippen LogP contribution in [-0.2, 0) is 14.3 Å². The minimum atomic E-state index is -0.578. The maximum Gasteiger partial charge on any atom is 0.309 e. The van der Waals surface area contributed by atoms with Gasteiger partial charge in [-0.15, -0.1) is 12.4 Å². The van der Waals surface area contributed by atoms with E-state index in [0.717, 1.165) is 24.8 Å². The van der Waals surface area contributed by atoms with Crippen LogP contribution in [0.15, 0.2) is 35.9 Å². The van der Waals surface area contributed by atoms with E-state index in [1.54, 1.807) is 25.1 Å². The minimum absolute atomic E-state index is 0. The summed E-state index contributed by atoms with van der Waals surface area (Å²) in [5.41, 5.74) is 1.43. The molecule has 4 nitrogen and oxygen atoms in total. The van der Waals surface area contributed by atoms with Gasteiger partial charge in [-0.1, -0.05) is 24.3 Å². The highest BCUT2D eigenvalue weighted by atomic mass is 35.5. The summed E-state index contributed by atoms with van der Waals surface area (Å²) in [5, 5.41) is 0.0352. The maximum absolute atomic E-state index is 14.5. The highest BCUT2D eigenvalue weighted by Gasteiger charge is 2.40. The molecule has 1 aromatic carbocycles. The molecule has 2 unspecified atom stereocenters. The topological polar surface area (TPSA) is 46.6 Å². The van der Waals surface area contributed by atoms with E-state index in [1.807, 2.05) is 11.0 Å². The van der Waals surface area contributed by atoms with E-state index in [-0.39, 0.29) is 47.6 Å². The summed E-state index contributed by atoms with van der Waals surface area (Å²) in [6.45, 7) is 3.30. The second-order valence-electron chi connectivity index (χ2n) is 7.16. The molecule has 2 atom stereocenters. The van der Waals surface area contributed by atoms with Crippen LogP contribution in [0, 0.1) is 11.7 Å². The zero-order valence-electron chi connectivity index (χ0n) is 16.0. The molecule has 1 aliphatic heterocycles. The Morgan fingerprint density at radius 2 is 2.04 bits per heavy atom. The van der Waals surface area contributed by atoms with Crippen molar-refractivity contribution in [1.29, 1.82) is 0 Å². The number of hydrogen-bond acceptors (Lipinski definition) is 5. The SMILES string of the molecule is CCOC(=O)C/C=C1/CN(C(C(=O)C2CC2)c2ccccc2F)CCC1S.Cl. The average Bonchev–Trinajstić information content (AvgIpc) is 3.49. The Balaban J connectivity index is 0.00000280. The number of nitrogens with zero attached hydrogens (tertiary/aromatic N) is 1. The molecular formula is C21H27ClFNO3S. The third-order valence-corrected chi connectivity index (χ3v) is 5.74. The van der Waals surface area contributed by atoms with E-state index in [0.29, 0.717) is 25.3 Å². The third-order valence-electron chi connectivity index (χ3n) is 5.15. The molecule has 0 radical (unpaired) electrons. The van der Waals surface area contributed by atoms with E-state index < -0.39 is 6.04 Å². The van der Waals surface area contributed by atoms with Gasteiger partial charge in [0.25, 0.3) is 0 Å². The van der Waals surface area contributed by atoms with Crippen molar-refractivity contribution >= 4 is 36.8 Å². The Morgan fingerprint density at radius 3 is 2.68 bits per heavy atom. The first kappa shape index (κ1) is 22.9. The number of esters is 1. The summed E-state index contributed by atoms with van der Waals surface area (Å²) in [7, 11) is 0. The highest BCUT2D eigenvalue weighted by Crippen LogP contribution is 2.39. The van der Waals surface area contributed by atoms with Crippen LogP contribution in [0.3, 0.4) is 0 Å². The van der Waals surface area contributed by atoms with Crippen LogP contribution in [0.1, 0.15) is 44.2 Å². The molecule has 0 aromatic heterocycles. The molecule has 2 fully saturated rings. The van der Waals surface area contributed by atoms with Crippen molar-refractivity contribution in [3.05, 3.63) is 47.3 Å². The van der Waals surface area contributed by atoms with Crippen LogP contribution in [0.4, 0.5) is 4.39 Å². The predicted octanol–water partition coefficient (Wildman–Crippen LogP) is 4.15. The molecule has 3 rings (SSSR count). The lowest BCUT2D eigenvalue weighted by atomic mass is 9.93. The van der Waals surface area contributed by atoms with Gasteiger partial charge in [0.2, 0.25) is 0 Å². The summed E-state index contributed by atoms with van der Waals surface area (Å²) in [4.78, 5) is 26.7. The van der Waals surface area contributed by atoms with Gasteiger partial charge in [-0.2, -0.15) is 12.6 Å². The van der Waals surface area contributed by atoms with E-state index in [4.69, 9.17) is 4.74 Å². The predicted molar refractivity (Wildman–Crippen MR) is 112 cm³/mol. The second kappa shape index (κ2) is 10.4. The Labute approximate surface area is 177 Å². The fourth-order valence-corrected chi connectivity index (χ4v) is 3.87. The first-order valence-electron chi connectivity index (χ1n) is 9.56. The number of likely N-dealkylation sites (tertiary alicyclic amines) is 1. The molecule has 1 heterocycles. The van der Waals surface area contributed by atoms with Crippen LogP contribution in [0.2, 0.25) is 0 Å². The number of benzene rings is 1. The molecule has 1 aliphatic carbocycles. The molecule has 28 heavy (non-hydrogen) atoms. The van der Waals surface area contributed by atoms with Gasteiger partial charge in [0, 0.05) is 29.8 Å². The maximum atomic E-state index is 14.5. The number of thiol groups is 1. The van der Waals surface area contributed by atoms with Gasteiger partial charge < -0.3 is 4.74 Å². The van der Waals surface area contributed by atoms with Crippen LogP contribution in [0.5, 0.6) is 0 Å². The molecule has 154 valence electrons. The molecule has 1 saturated carbocycles. The minimum Gasteiger partial charge on any atom is -0.466 e. The quantitative estimate of drug-likeness (QED) is 0.403. The Kier molecular flexibility index (Phi) is 8.53. The van der Waals surface area contributed by atoms with Gasteiger partial charge >= 0.3 is 5.97 Å². The summed E-state index contributed by atoms with van der Waals surface area (Å²) in [5.74, 6) is -0.485. The summed E-state index contributed by atoms with van der Waals surface area (Å²) in [6, 6.07) is 5.95. The molecule has 7 heteroatoms. The van der Waals surface area contributed by atoms with Crippen molar-refractivity contribution in [3.8, 4) is 0 Å². The fourth-order valence-electron chi connectivity index (χ4n) is 3.57. The van der Waals surface area contributed by atoms with Crippen LogP contribution in [0.25, 0.3) is 0 Å². The zero-order chi connectivity index (χ0) is 19.4. The van der Waals surface area contributed by atoms with Gasteiger partial charge in [-0.05, 0) is 37.8 Å². The van der Waals surface area contributed by atoms with Crippen molar-refractivity contribution in [2.45, 2.75) is 43.9 Å². The summed E-state index contributed by atoms with van der Waals surface area (Å²) >= 11 is 4.63. The van der Waals surface area contributed by atoms with Crippen molar-refractivity contribution in [2.24, 2.45) is 5.92 Å². The third kappa shape index (κ3) is 5.58. The zero-order valence-corrected chi connectivity index (χ0v) is 17.7. The molecule has 1 aromatic rings. The lowest BCUT2D eigenvalue weighted by Gasteiger charge is -2.37. The molecule has 0 bridgehead atoms. The number of hydrogen-bond donors (Lipinski definition) is 1. The van der Waals surface area contributed by atoms with Crippen molar-refractivity contribution in [2.75, 3.05) is 19.7 Å². The number of ether oxygens (including phenoxy) is 1. The molecule has 0 spiro atoms. The van der Waals surface area contributed by atoms with Crippen molar-refractivity contribution < 1.29 is 18.7 Å². The Bertz CT molecular complexity index is 738. The molecule has 0 N–H and O–H groups in total. The van der Waals surface area contributed by atoms with E-state index in [1.165, 1.54) is 6.07 Å². The number of halogens is 2. The number of carbonyl (C=O) groups is 2. The first-order valence-corrected chi connectivity index (χ1v) is 10.1. The highest BCUT2D eigenvalue weighted by molar-refractivity contribution is 7.81. The standard InChI is InChI=1S/C21H26FNO3S.ClH/c1-2-26-19(24)10-9-15-13-23(12-11-18(15)27)20(21(25)14-7-8-14)16-5-3-4-6-17(16)22;/h3-6,9,14,18,20,27H,2,7-8,10-13H2,1H3;1H/b15-9-;. The average molecular weight is 428 g/mol. The Morgan fingerprint density at radius 1 is 1.32 bits per heavy atom. The molecule has 1 saturated heterocycles. The fraction of sp³-hybridized carbons (Fsp3) is 0.524. The monoisotopic (exact) mass is 427 g/mol. The van der Waals surface area contributed by atoms with Gasteiger partial charge in [0.1, 0.15) is 5.82 Å². The number of Topliss-reactive ketones (excluding diaryl/α,β-unsaturated/α-hetero) is 1. The molecule has 2 aliphatic rings. The van der Waals surface area contributed by atoms with E-state index in [2.05, 4.69) is 12.6 Å². The molecular weight excluding hydrogens is 401 g/mol. The smallest absolute Gasteiger partial charge is 0.309 e. The van der Waals surface area contributed by atoms with Crippen LogP contribution < -0.4 is 0 Å².